The standard InChI is InChI=1S/C17H22N2O/c1-14(2)11-18-12-16-9-6-10-17(19-16)20-13-15-7-4-3-5-8-15/h3-10,14,18H,11-13H2,1-2H3. The number of pyridine rings is 1. The molecular formula is C17H22N2O. The second-order valence-electron chi connectivity index (χ2n) is 5.27. The summed E-state index contributed by atoms with van der Waals surface area (Å²) in [6.07, 6.45) is 0. The highest BCUT2D eigenvalue weighted by Gasteiger charge is 2.00. The summed E-state index contributed by atoms with van der Waals surface area (Å²) in [5, 5.41) is 3.38. The van der Waals surface area contributed by atoms with Crippen LogP contribution < -0.4 is 10.1 Å². The molecule has 0 saturated heterocycles. The minimum absolute atomic E-state index is 0.552. The molecule has 20 heavy (non-hydrogen) atoms. The van der Waals surface area contributed by atoms with Gasteiger partial charge in [-0.3, -0.25) is 0 Å². The normalized spacial score (nSPS) is 10.8. The number of benzene rings is 1. The van der Waals surface area contributed by atoms with E-state index in [2.05, 4.69) is 24.1 Å². The van der Waals surface area contributed by atoms with Crippen LogP contribution in [0.15, 0.2) is 48.5 Å². The van der Waals surface area contributed by atoms with Crippen molar-refractivity contribution in [2.45, 2.75) is 27.0 Å². The zero-order valence-corrected chi connectivity index (χ0v) is 12.2. The van der Waals surface area contributed by atoms with E-state index in [9.17, 15) is 0 Å². The van der Waals surface area contributed by atoms with Gasteiger partial charge in [0, 0.05) is 12.6 Å². The number of hydrogen-bond donors (Lipinski definition) is 1. The van der Waals surface area contributed by atoms with Crippen molar-refractivity contribution in [2.75, 3.05) is 6.54 Å². The third-order valence-corrected chi connectivity index (χ3v) is 2.87. The zero-order valence-electron chi connectivity index (χ0n) is 12.2. The van der Waals surface area contributed by atoms with Crippen molar-refractivity contribution in [3.8, 4) is 5.88 Å². The van der Waals surface area contributed by atoms with Crippen LogP contribution >= 0.6 is 0 Å². The highest BCUT2D eigenvalue weighted by atomic mass is 16.5. The molecule has 0 bridgehead atoms. The van der Waals surface area contributed by atoms with Gasteiger partial charge in [-0.2, -0.15) is 0 Å². The van der Waals surface area contributed by atoms with Crippen LogP contribution in [0.1, 0.15) is 25.1 Å². The number of nitrogens with one attached hydrogen (secondary N) is 1. The van der Waals surface area contributed by atoms with Crippen molar-refractivity contribution in [1.82, 2.24) is 10.3 Å². The van der Waals surface area contributed by atoms with E-state index in [1.165, 1.54) is 0 Å². The fourth-order valence-corrected chi connectivity index (χ4v) is 1.86. The molecule has 1 N–H and O–H groups in total. The van der Waals surface area contributed by atoms with Gasteiger partial charge in [-0.25, -0.2) is 4.98 Å². The molecule has 0 aliphatic carbocycles. The maximum atomic E-state index is 5.72. The van der Waals surface area contributed by atoms with Crippen molar-refractivity contribution in [3.05, 3.63) is 59.8 Å². The van der Waals surface area contributed by atoms with Crippen LogP contribution in [0.5, 0.6) is 5.88 Å². The minimum Gasteiger partial charge on any atom is -0.473 e. The van der Waals surface area contributed by atoms with E-state index in [0.717, 1.165) is 24.3 Å². The first kappa shape index (κ1) is 14.5. The molecular weight excluding hydrogens is 248 g/mol. The third kappa shape index (κ3) is 5.02. The van der Waals surface area contributed by atoms with E-state index < -0.39 is 0 Å². The largest absolute Gasteiger partial charge is 0.473 e. The molecule has 106 valence electrons. The lowest BCUT2D eigenvalue weighted by Crippen LogP contribution is -2.19. The number of hydrogen-bond acceptors (Lipinski definition) is 3. The second-order valence-corrected chi connectivity index (χ2v) is 5.27. The van der Waals surface area contributed by atoms with Crippen LogP contribution in [0, 0.1) is 5.92 Å². The average Bonchev–Trinajstić information content (AvgIpc) is 2.46. The van der Waals surface area contributed by atoms with Crippen LogP contribution in [-0.4, -0.2) is 11.5 Å². The predicted molar refractivity (Wildman–Crippen MR) is 81.6 cm³/mol. The molecule has 0 atom stereocenters. The van der Waals surface area contributed by atoms with E-state index in [1.807, 2.05) is 48.5 Å². The van der Waals surface area contributed by atoms with E-state index >= 15 is 0 Å². The Morgan fingerprint density at radius 1 is 1.05 bits per heavy atom. The third-order valence-electron chi connectivity index (χ3n) is 2.87. The van der Waals surface area contributed by atoms with Gasteiger partial charge < -0.3 is 10.1 Å². The lowest BCUT2D eigenvalue weighted by Gasteiger charge is -2.09. The summed E-state index contributed by atoms with van der Waals surface area (Å²) in [5.41, 5.74) is 2.16. The lowest BCUT2D eigenvalue weighted by molar-refractivity contribution is 0.292. The van der Waals surface area contributed by atoms with E-state index in [4.69, 9.17) is 4.74 Å². The highest BCUT2D eigenvalue weighted by molar-refractivity contribution is 5.18. The average molecular weight is 270 g/mol. The Kier molecular flexibility index (Phi) is 5.56. The Labute approximate surface area is 121 Å². The maximum absolute atomic E-state index is 5.72. The first-order chi connectivity index (χ1) is 9.74. The molecule has 2 rings (SSSR count). The molecule has 2 aromatic rings. The zero-order chi connectivity index (χ0) is 14.2. The molecule has 3 heteroatoms. The van der Waals surface area contributed by atoms with E-state index in [1.54, 1.807) is 0 Å². The summed E-state index contributed by atoms with van der Waals surface area (Å²) in [6.45, 7) is 6.72. The Hall–Kier alpha value is -1.87. The maximum Gasteiger partial charge on any atom is 0.213 e. The Balaban J connectivity index is 1.86. The van der Waals surface area contributed by atoms with Gasteiger partial charge in [0.05, 0.1) is 5.69 Å². The molecule has 0 amide bonds. The van der Waals surface area contributed by atoms with Gasteiger partial charge in [-0.15, -0.1) is 0 Å². The summed E-state index contributed by atoms with van der Waals surface area (Å²) in [4.78, 5) is 4.50. The monoisotopic (exact) mass is 270 g/mol. The summed E-state index contributed by atoms with van der Waals surface area (Å²) in [6, 6.07) is 16.0. The second kappa shape index (κ2) is 7.65. The predicted octanol–water partition coefficient (Wildman–Crippen LogP) is 3.41. The highest BCUT2D eigenvalue weighted by Crippen LogP contribution is 2.10. The summed E-state index contributed by atoms with van der Waals surface area (Å²) >= 11 is 0. The molecule has 0 spiro atoms. The smallest absolute Gasteiger partial charge is 0.213 e. The lowest BCUT2D eigenvalue weighted by atomic mass is 10.2. The molecule has 0 aliphatic rings. The fraction of sp³-hybridized carbons (Fsp3) is 0.353. The summed E-state index contributed by atoms with van der Waals surface area (Å²) in [5.74, 6) is 1.32. The van der Waals surface area contributed by atoms with Crippen molar-refractivity contribution < 1.29 is 4.74 Å². The van der Waals surface area contributed by atoms with Gasteiger partial charge in [0.1, 0.15) is 6.61 Å². The van der Waals surface area contributed by atoms with Gasteiger partial charge in [-0.1, -0.05) is 50.2 Å². The number of rotatable bonds is 7. The topological polar surface area (TPSA) is 34.1 Å². The van der Waals surface area contributed by atoms with Crippen molar-refractivity contribution in [3.63, 3.8) is 0 Å². The van der Waals surface area contributed by atoms with Crippen LogP contribution in [0.25, 0.3) is 0 Å². The Morgan fingerprint density at radius 3 is 2.60 bits per heavy atom. The summed E-state index contributed by atoms with van der Waals surface area (Å²) in [7, 11) is 0. The van der Waals surface area contributed by atoms with Crippen molar-refractivity contribution in [1.29, 1.82) is 0 Å². The SMILES string of the molecule is CC(C)CNCc1cccc(OCc2ccccc2)n1. The molecule has 3 nitrogen and oxygen atoms in total. The first-order valence-corrected chi connectivity index (χ1v) is 7.07. The Morgan fingerprint density at radius 2 is 1.85 bits per heavy atom. The fourth-order valence-electron chi connectivity index (χ4n) is 1.86. The molecule has 0 radical (unpaired) electrons. The number of ether oxygens (including phenoxy) is 1. The molecule has 1 heterocycles. The van der Waals surface area contributed by atoms with Crippen LogP contribution in [0.3, 0.4) is 0 Å². The summed E-state index contributed by atoms with van der Waals surface area (Å²) < 4.78 is 5.72. The molecule has 0 fully saturated rings. The molecule has 1 aromatic heterocycles. The van der Waals surface area contributed by atoms with Crippen molar-refractivity contribution >= 4 is 0 Å². The van der Waals surface area contributed by atoms with Crippen LogP contribution in [-0.2, 0) is 13.2 Å². The first-order valence-electron chi connectivity index (χ1n) is 7.07. The van der Waals surface area contributed by atoms with Gasteiger partial charge in [0.15, 0.2) is 0 Å². The molecule has 0 aliphatic heterocycles. The van der Waals surface area contributed by atoms with Crippen LogP contribution in [0.4, 0.5) is 0 Å². The van der Waals surface area contributed by atoms with E-state index in [0.29, 0.717) is 18.4 Å². The van der Waals surface area contributed by atoms with E-state index in [-0.39, 0.29) is 0 Å². The Bertz CT molecular complexity index is 511. The minimum atomic E-state index is 0.552. The molecule has 0 saturated carbocycles. The molecule has 0 unspecified atom stereocenters. The van der Waals surface area contributed by atoms with Gasteiger partial charge in [0.25, 0.3) is 0 Å². The number of nitrogens with zero attached hydrogens (tertiary/aromatic N) is 1. The quantitative estimate of drug-likeness (QED) is 0.837. The van der Waals surface area contributed by atoms with Crippen LogP contribution in [0.2, 0.25) is 0 Å². The van der Waals surface area contributed by atoms with Gasteiger partial charge in [-0.05, 0) is 24.1 Å². The molecule has 1 aromatic carbocycles. The van der Waals surface area contributed by atoms with Gasteiger partial charge in [0.2, 0.25) is 5.88 Å². The number of aromatic nitrogens is 1. The van der Waals surface area contributed by atoms with Gasteiger partial charge >= 0.3 is 0 Å². The van der Waals surface area contributed by atoms with Crippen molar-refractivity contribution in [2.24, 2.45) is 5.92 Å².